The maximum atomic E-state index is 13.5. The zero-order valence-corrected chi connectivity index (χ0v) is 16.1. The fraction of sp³-hybridized carbons (Fsp3) is 0.500. The number of ether oxygens (including phenoxy) is 2. The van der Waals surface area contributed by atoms with Crippen molar-refractivity contribution in [3.8, 4) is 5.75 Å². The van der Waals surface area contributed by atoms with E-state index in [4.69, 9.17) is 9.47 Å². The molecule has 2 rings (SSSR count). The fourth-order valence-electron chi connectivity index (χ4n) is 2.85. The highest BCUT2D eigenvalue weighted by atomic mass is 19.4. The Morgan fingerprint density at radius 2 is 1.93 bits per heavy atom. The molecule has 1 aromatic carbocycles. The molecule has 1 atom stereocenters. The van der Waals surface area contributed by atoms with Crippen molar-refractivity contribution >= 4 is 12.0 Å². The molecule has 0 aliphatic carbocycles. The van der Waals surface area contributed by atoms with Crippen molar-refractivity contribution < 1.29 is 37.4 Å². The molecule has 1 heterocycles. The number of fused-ring (bicyclic) bond motifs is 1. The van der Waals surface area contributed by atoms with Gasteiger partial charge in [0.05, 0.1) is 5.57 Å². The SMILES string of the molecule is Cc1cc(C)c2c(c1)C=C(C(=O)OCCN(C)CCO[N+](=O)[O-])C(C(F)(F)F)O2. The van der Waals surface area contributed by atoms with E-state index in [9.17, 15) is 28.1 Å². The van der Waals surface area contributed by atoms with Gasteiger partial charge in [0.15, 0.2) is 0 Å². The van der Waals surface area contributed by atoms with E-state index in [1.165, 1.54) is 0 Å². The maximum Gasteiger partial charge on any atom is 0.430 e. The lowest BCUT2D eigenvalue weighted by Crippen LogP contribution is -2.41. The third-order valence-corrected chi connectivity index (χ3v) is 4.19. The minimum Gasteiger partial charge on any atom is -0.475 e. The minimum absolute atomic E-state index is 0.0833. The van der Waals surface area contributed by atoms with Crippen molar-refractivity contribution in [1.82, 2.24) is 4.90 Å². The second-order valence-electron chi connectivity index (χ2n) is 6.64. The Bertz CT molecular complexity index is 810. The summed E-state index contributed by atoms with van der Waals surface area (Å²) in [5, 5.41) is 9.16. The summed E-state index contributed by atoms with van der Waals surface area (Å²) in [7, 11) is 1.60. The number of esters is 1. The average Bonchev–Trinajstić information content (AvgIpc) is 2.59. The molecule has 0 fully saturated rings. The molecule has 11 heteroatoms. The number of rotatable bonds is 8. The highest BCUT2D eigenvalue weighted by molar-refractivity contribution is 5.96. The molecule has 0 bridgehead atoms. The van der Waals surface area contributed by atoms with Crippen molar-refractivity contribution in [3.05, 3.63) is 44.5 Å². The number of carbonyl (C=O) groups is 1. The lowest BCUT2D eigenvalue weighted by Gasteiger charge is -2.29. The molecule has 1 aliphatic rings. The van der Waals surface area contributed by atoms with Crippen molar-refractivity contribution in [2.24, 2.45) is 0 Å². The molecule has 1 unspecified atom stereocenters. The summed E-state index contributed by atoms with van der Waals surface area (Å²) in [5.41, 5.74) is 1.10. The number of benzene rings is 1. The predicted octanol–water partition coefficient (Wildman–Crippen LogP) is 2.69. The first-order chi connectivity index (χ1) is 13.5. The van der Waals surface area contributed by atoms with Crippen LogP contribution in [0.1, 0.15) is 16.7 Å². The van der Waals surface area contributed by atoms with E-state index in [1.807, 2.05) is 0 Å². The van der Waals surface area contributed by atoms with Gasteiger partial charge < -0.3 is 19.2 Å². The van der Waals surface area contributed by atoms with Crippen LogP contribution in [0.25, 0.3) is 6.08 Å². The highest BCUT2D eigenvalue weighted by Crippen LogP contribution is 2.39. The largest absolute Gasteiger partial charge is 0.475 e. The van der Waals surface area contributed by atoms with Crippen LogP contribution in [-0.2, 0) is 14.4 Å². The van der Waals surface area contributed by atoms with Gasteiger partial charge in [0.2, 0.25) is 6.10 Å². The predicted molar refractivity (Wildman–Crippen MR) is 95.8 cm³/mol. The normalized spacial score (nSPS) is 16.0. The molecule has 160 valence electrons. The molecule has 0 amide bonds. The second kappa shape index (κ2) is 9.12. The van der Waals surface area contributed by atoms with Crippen LogP contribution in [0.2, 0.25) is 0 Å². The van der Waals surface area contributed by atoms with Crippen molar-refractivity contribution in [1.29, 1.82) is 0 Å². The Hall–Kier alpha value is -2.82. The number of alkyl halides is 3. The Balaban J connectivity index is 2.07. The first-order valence-electron chi connectivity index (χ1n) is 8.68. The third-order valence-electron chi connectivity index (χ3n) is 4.19. The van der Waals surface area contributed by atoms with Gasteiger partial charge >= 0.3 is 12.1 Å². The highest BCUT2D eigenvalue weighted by Gasteiger charge is 2.49. The minimum atomic E-state index is -4.80. The molecule has 0 spiro atoms. The van der Waals surface area contributed by atoms with Crippen molar-refractivity contribution in [2.45, 2.75) is 26.1 Å². The average molecular weight is 418 g/mol. The van der Waals surface area contributed by atoms with Crippen LogP contribution >= 0.6 is 0 Å². The molecule has 0 radical (unpaired) electrons. The Labute approximate surface area is 164 Å². The zero-order chi connectivity index (χ0) is 21.8. The second-order valence-corrected chi connectivity index (χ2v) is 6.64. The number of aryl methyl sites for hydroxylation is 2. The molecule has 8 nitrogen and oxygen atoms in total. The molecule has 0 aromatic heterocycles. The molecule has 0 saturated heterocycles. The van der Waals surface area contributed by atoms with Crippen LogP contribution in [0, 0.1) is 24.0 Å². The quantitative estimate of drug-likeness (QED) is 0.364. The van der Waals surface area contributed by atoms with Crippen LogP contribution in [0.3, 0.4) is 0 Å². The number of hydrogen-bond acceptors (Lipinski definition) is 7. The van der Waals surface area contributed by atoms with E-state index in [1.54, 1.807) is 37.9 Å². The van der Waals surface area contributed by atoms with E-state index in [-0.39, 0.29) is 32.1 Å². The van der Waals surface area contributed by atoms with E-state index >= 15 is 0 Å². The van der Waals surface area contributed by atoms with Gasteiger partial charge in [-0.2, -0.15) is 13.2 Å². The number of halogens is 3. The summed E-state index contributed by atoms with van der Waals surface area (Å²) >= 11 is 0. The van der Waals surface area contributed by atoms with Crippen molar-refractivity contribution in [2.75, 3.05) is 33.4 Å². The topological polar surface area (TPSA) is 91.1 Å². The van der Waals surface area contributed by atoms with Crippen LogP contribution in [-0.4, -0.2) is 61.6 Å². The van der Waals surface area contributed by atoms with Gasteiger partial charge in [-0.05, 0) is 38.6 Å². The van der Waals surface area contributed by atoms with Gasteiger partial charge in [0.25, 0.3) is 5.09 Å². The van der Waals surface area contributed by atoms with Gasteiger partial charge in [-0.15, -0.1) is 10.1 Å². The lowest BCUT2D eigenvalue weighted by atomic mass is 9.97. The first-order valence-corrected chi connectivity index (χ1v) is 8.68. The van der Waals surface area contributed by atoms with E-state index in [0.717, 1.165) is 11.6 Å². The summed E-state index contributed by atoms with van der Waals surface area (Å²) in [6, 6.07) is 3.33. The van der Waals surface area contributed by atoms with Crippen LogP contribution < -0.4 is 4.74 Å². The first kappa shape index (κ1) is 22.5. The Morgan fingerprint density at radius 3 is 2.55 bits per heavy atom. The number of likely N-dealkylation sites (N-methyl/N-ethyl adjacent to an activating group) is 1. The van der Waals surface area contributed by atoms with Crippen molar-refractivity contribution in [3.63, 3.8) is 0 Å². The summed E-state index contributed by atoms with van der Waals surface area (Å²) < 4.78 is 50.5. The maximum absolute atomic E-state index is 13.5. The van der Waals surface area contributed by atoms with Gasteiger partial charge in [0, 0.05) is 18.7 Å². The molecule has 1 aromatic rings. The number of hydrogen-bond donors (Lipinski definition) is 0. The molecule has 1 aliphatic heterocycles. The number of carbonyl (C=O) groups excluding carboxylic acids is 1. The Kier molecular flexibility index (Phi) is 7.07. The summed E-state index contributed by atoms with van der Waals surface area (Å²) in [4.78, 5) is 28.1. The van der Waals surface area contributed by atoms with Crippen LogP contribution in [0.15, 0.2) is 17.7 Å². The van der Waals surface area contributed by atoms with Gasteiger partial charge in [0.1, 0.15) is 19.0 Å². The zero-order valence-electron chi connectivity index (χ0n) is 16.1. The summed E-state index contributed by atoms with van der Waals surface area (Å²) in [6.07, 6.45) is -6.07. The summed E-state index contributed by atoms with van der Waals surface area (Å²) in [5.74, 6) is -1.05. The standard InChI is InChI=1S/C18H21F3N2O6/c1-11-8-12(2)15-13(9-11)10-14(16(29-15)18(19,20)21)17(24)27-6-4-22(3)5-7-28-23(25)26/h8-10,16H,4-7H2,1-3H3. The number of nitrogens with zero attached hydrogens (tertiary/aromatic N) is 2. The fourth-order valence-corrected chi connectivity index (χ4v) is 2.85. The van der Waals surface area contributed by atoms with Gasteiger partial charge in [-0.1, -0.05) is 11.6 Å². The summed E-state index contributed by atoms with van der Waals surface area (Å²) in [6.45, 7) is 3.38. The van der Waals surface area contributed by atoms with Crippen LogP contribution in [0.4, 0.5) is 13.2 Å². The van der Waals surface area contributed by atoms with E-state index in [2.05, 4.69) is 4.84 Å². The van der Waals surface area contributed by atoms with Gasteiger partial charge in [-0.25, -0.2) is 4.79 Å². The smallest absolute Gasteiger partial charge is 0.430 e. The molecular weight excluding hydrogens is 397 g/mol. The lowest BCUT2D eigenvalue weighted by molar-refractivity contribution is -0.757. The monoisotopic (exact) mass is 418 g/mol. The van der Waals surface area contributed by atoms with E-state index in [0.29, 0.717) is 11.1 Å². The van der Waals surface area contributed by atoms with E-state index < -0.39 is 28.9 Å². The molecule has 0 saturated carbocycles. The molecular formula is C18H21F3N2O6. The Morgan fingerprint density at radius 1 is 1.28 bits per heavy atom. The molecule has 29 heavy (non-hydrogen) atoms. The van der Waals surface area contributed by atoms with Gasteiger partial charge in [-0.3, -0.25) is 0 Å². The van der Waals surface area contributed by atoms with Crippen LogP contribution in [0.5, 0.6) is 5.75 Å². The third kappa shape index (κ3) is 6.08. The molecule has 0 N–H and O–H groups in total.